The van der Waals surface area contributed by atoms with E-state index in [1.807, 2.05) is 24.0 Å². The van der Waals surface area contributed by atoms with Crippen LogP contribution in [-0.2, 0) is 7.05 Å². The standard InChI is InChI=1S/C10H18N4/c1-10(2)8(11)4-6-14(10)9-12-5-7-13(9)3/h5,7-8H,4,6,11H2,1-3H3. The predicted octanol–water partition coefficient (Wildman–Crippen LogP) is 0.736. The van der Waals surface area contributed by atoms with E-state index in [1.54, 1.807) is 0 Å². The molecule has 1 atom stereocenters. The minimum atomic E-state index is 0.0130. The zero-order valence-electron chi connectivity index (χ0n) is 9.07. The highest BCUT2D eigenvalue weighted by Crippen LogP contribution is 2.31. The summed E-state index contributed by atoms with van der Waals surface area (Å²) in [6, 6.07) is 0.235. The Morgan fingerprint density at radius 3 is 2.71 bits per heavy atom. The molecule has 1 fully saturated rings. The summed E-state index contributed by atoms with van der Waals surface area (Å²) >= 11 is 0. The summed E-state index contributed by atoms with van der Waals surface area (Å²) in [7, 11) is 2.02. The SMILES string of the molecule is Cn1ccnc1N1CCC(N)C1(C)C. The first-order valence-corrected chi connectivity index (χ1v) is 5.04. The summed E-state index contributed by atoms with van der Waals surface area (Å²) in [5, 5.41) is 0. The van der Waals surface area contributed by atoms with Gasteiger partial charge in [-0.05, 0) is 20.3 Å². The fourth-order valence-electron chi connectivity index (χ4n) is 2.09. The van der Waals surface area contributed by atoms with Crippen LogP contribution in [0.1, 0.15) is 20.3 Å². The predicted molar refractivity (Wildman–Crippen MR) is 57.2 cm³/mol. The minimum Gasteiger partial charge on any atom is -0.336 e. The first-order valence-electron chi connectivity index (χ1n) is 5.04. The number of rotatable bonds is 1. The molecule has 4 heteroatoms. The fraction of sp³-hybridized carbons (Fsp3) is 0.700. The van der Waals surface area contributed by atoms with Gasteiger partial charge >= 0.3 is 0 Å². The van der Waals surface area contributed by atoms with Crippen molar-refractivity contribution in [2.24, 2.45) is 12.8 Å². The van der Waals surface area contributed by atoms with Gasteiger partial charge in [0.25, 0.3) is 0 Å². The quantitative estimate of drug-likeness (QED) is 0.717. The number of hydrogen-bond donors (Lipinski definition) is 1. The molecule has 1 aromatic rings. The van der Waals surface area contributed by atoms with Crippen LogP contribution in [0.4, 0.5) is 5.95 Å². The summed E-state index contributed by atoms with van der Waals surface area (Å²) in [6.07, 6.45) is 4.84. The molecule has 2 N–H and O–H groups in total. The normalized spacial score (nSPS) is 25.7. The average Bonchev–Trinajstić information content (AvgIpc) is 2.60. The molecular weight excluding hydrogens is 176 g/mol. The lowest BCUT2D eigenvalue weighted by Crippen LogP contribution is -2.49. The number of nitrogens with zero attached hydrogens (tertiary/aromatic N) is 3. The number of hydrogen-bond acceptors (Lipinski definition) is 3. The molecule has 1 saturated heterocycles. The molecule has 14 heavy (non-hydrogen) atoms. The van der Waals surface area contributed by atoms with Gasteiger partial charge in [-0.25, -0.2) is 4.98 Å². The first kappa shape index (κ1) is 9.52. The van der Waals surface area contributed by atoms with Crippen molar-refractivity contribution in [1.82, 2.24) is 9.55 Å². The maximum Gasteiger partial charge on any atom is 0.205 e. The van der Waals surface area contributed by atoms with Gasteiger partial charge in [0.2, 0.25) is 5.95 Å². The van der Waals surface area contributed by atoms with Crippen molar-refractivity contribution < 1.29 is 0 Å². The van der Waals surface area contributed by atoms with Crippen LogP contribution in [0.15, 0.2) is 12.4 Å². The second-order valence-corrected chi connectivity index (χ2v) is 4.54. The van der Waals surface area contributed by atoms with E-state index in [0.717, 1.165) is 18.9 Å². The largest absolute Gasteiger partial charge is 0.336 e. The van der Waals surface area contributed by atoms with Crippen LogP contribution in [0.5, 0.6) is 0 Å². The third kappa shape index (κ3) is 1.21. The smallest absolute Gasteiger partial charge is 0.205 e. The number of imidazole rings is 1. The van der Waals surface area contributed by atoms with E-state index in [-0.39, 0.29) is 11.6 Å². The van der Waals surface area contributed by atoms with E-state index in [2.05, 4.69) is 23.7 Å². The lowest BCUT2D eigenvalue weighted by molar-refractivity contribution is 0.446. The number of aryl methyl sites for hydroxylation is 1. The van der Waals surface area contributed by atoms with E-state index in [4.69, 9.17) is 5.73 Å². The molecular formula is C10H18N4. The molecule has 2 heterocycles. The molecule has 0 bridgehead atoms. The lowest BCUT2D eigenvalue weighted by Gasteiger charge is -2.35. The van der Waals surface area contributed by atoms with Crippen molar-refractivity contribution in [3.05, 3.63) is 12.4 Å². The minimum absolute atomic E-state index is 0.0130. The van der Waals surface area contributed by atoms with Crippen LogP contribution in [-0.4, -0.2) is 27.7 Å². The Morgan fingerprint density at radius 1 is 1.57 bits per heavy atom. The maximum absolute atomic E-state index is 6.08. The fourth-order valence-corrected chi connectivity index (χ4v) is 2.09. The van der Waals surface area contributed by atoms with Crippen LogP contribution in [0.25, 0.3) is 0 Å². The van der Waals surface area contributed by atoms with E-state index >= 15 is 0 Å². The Bertz CT molecular complexity index is 329. The van der Waals surface area contributed by atoms with E-state index < -0.39 is 0 Å². The highest BCUT2D eigenvalue weighted by atomic mass is 15.4. The lowest BCUT2D eigenvalue weighted by atomic mass is 9.97. The summed E-state index contributed by atoms with van der Waals surface area (Å²) < 4.78 is 2.04. The molecule has 0 amide bonds. The highest BCUT2D eigenvalue weighted by molar-refractivity contribution is 5.39. The molecule has 0 saturated carbocycles. The Hall–Kier alpha value is -1.03. The molecule has 0 spiro atoms. The third-order valence-corrected chi connectivity index (χ3v) is 3.30. The molecule has 78 valence electrons. The second kappa shape index (κ2) is 2.98. The Kier molecular flexibility index (Phi) is 2.03. The highest BCUT2D eigenvalue weighted by Gasteiger charge is 2.40. The van der Waals surface area contributed by atoms with Crippen LogP contribution >= 0.6 is 0 Å². The van der Waals surface area contributed by atoms with Crippen molar-refractivity contribution >= 4 is 5.95 Å². The van der Waals surface area contributed by atoms with Gasteiger partial charge in [-0.2, -0.15) is 0 Å². The van der Waals surface area contributed by atoms with Gasteiger partial charge in [-0.1, -0.05) is 0 Å². The summed E-state index contributed by atoms with van der Waals surface area (Å²) in [5.74, 6) is 1.02. The van der Waals surface area contributed by atoms with Gasteiger partial charge in [-0.15, -0.1) is 0 Å². The van der Waals surface area contributed by atoms with Crippen LogP contribution in [0.3, 0.4) is 0 Å². The van der Waals surface area contributed by atoms with Crippen molar-refractivity contribution in [3.8, 4) is 0 Å². The van der Waals surface area contributed by atoms with Crippen molar-refractivity contribution in [2.75, 3.05) is 11.4 Å². The molecule has 1 aliphatic rings. The first-order chi connectivity index (χ1) is 6.53. The van der Waals surface area contributed by atoms with Crippen molar-refractivity contribution in [1.29, 1.82) is 0 Å². The van der Waals surface area contributed by atoms with Crippen LogP contribution < -0.4 is 10.6 Å². The molecule has 2 rings (SSSR count). The average molecular weight is 194 g/mol. The third-order valence-electron chi connectivity index (χ3n) is 3.30. The van der Waals surface area contributed by atoms with Crippen LogP contribution in [0.2, 0.25) is 0 Å². The van der Waals surface area contributed by atoms with Crippen molar-refractivity contribution in [2.45, 2.75) is 31.8 Å². The van der Waals surface area contributed by atoms with E-state index in [9.17, 15) is 0 Å². The molecule has 0 radical (unpaired) electrons. The zero-order valence-corrected chi connectivity index (χ0v) is 9.07. The molecule has 1 unspecified atom stereocenters. The molecule has 0 aliphatic carbocycles. The summed E-state index contributed by atoms with van der Waals surface area (Å²) in [4.78, 5) is 6.65. The zero-order chi connectivity index (χ0) is 10.3. The maximum atomic E-state index is 6.08. The van der Waals surface area contributed by atoms with E-state index in [1.165, 1.54) is 0 Å². The number of anilines is 1. The molecule has 1 aromatic heterocycles. The van der Waals surface area contributed by atoms with Crippen LogP contribution in [0, 0.1) is 0 Å². The van der Waals surface area contributed by atoms with E-state index in [0.29, 0.717) is 0 Å². The summed E-state index contributed by atoms with van der Waals surface area (Å²) in [6.45, 7) is 5.36. The molecule has 4 nitrogen and oxygen atoms in total. The molecule has 1 aliphatic heterocycles. The Balaban J connectivity index is 2.33. The van der Waals surface area contributed by atoms with Gasteiger partial charge < -0.3 is 15.2 Å². The van der Waals surface area contributed by atoms with Gasteiger partial charge in [0, 0.05) is 32.0 Å². The van der Waals surface area contributed by atoms with Gasteiger partial charge in [-0.3, -0.25) is 0 Å². The topological polar surface area (TPSA) is 47.1 Å². The van der Waals surface area contributed by atoms with Gasteiger partial charge in [0.1, 0.15) is 0 Å². The van der Waals surface area contributed by atoms with Gasteiger partial charge in [0.05, 0.1) is 5.54 Å². The number of nitrogens with two attached hydrogens (primary N) is 1. The number of aromatic nitrogens is 2. The second-order valence-electron chi connectivity index (χ2n) is 4.54. The Labute approximate surface area is 84.7 Å². The molecule has 0 aromatic carbocycles. The van der Waals surface area contributed by atoms with Crippen molar-refractivity contribution in [3.63, 3.8) is 0 Å². The van der Waals surface area contributed by atoms with Gasteiger partial charge in [0.15, 0.2) is 0 Å². The monoisotopic (exact) mass is 194 g/mol. The summed E-state index contributed by atoms with van der Waals surface area (Å²) in [5.41, 5.74) is 6.09. The Morgan fingerprint density at radius 2 is 2.29 bits per heavy atom.